The van der Waals surface area contributed by atoms with Crippen molar-refractivity contribution in [2.75, 3.05) is 19.0 Å². The van der Waals surface area contributed by atoms with E-state index in [1.807, 2.05) is 31.2 Å². The summed E-state index contributed by atoms with van der Waals surface area (Å²) in [5.74, 6) is 0.565. The maximum Gasteiger partial charge on any atom is 0.248 e. The molecule has 2 aromatic rings. The van der Waals surface area contributed by atoms with Gasteiger partial charge in [0, 0.05) is 12.7 Å². The predicted octanol–water partition coefficient (Wildman–Crippen LogP) is 2.54. The Hall–Kier alpha value is -2.60. The van der Waals surface area contributed by atoms with Crippen molar-refractivity contribution in [3.05, 3.63) is 48.3 Å². The standard InChI is InChI=1S/C16H19N3O3/c1-3-22-12-19-11-14(10-17-19)18-16(20)9-6-13-4-7-15(21-2)8-5-13/h4-11H,3,12H2,1-2H3,(H,18,20)/b9-6+. The highest BCUT2D eigenvalue weighted by atomic mass is 16.5. The van der Waals surface area contributed by atoms with Gasteiger partial charge in [0.1, 0.15) is 12.5 Å². The number of anilines is 1. The van der Waals surface area contributed by atoms with E-state index >= 15 is 0 Å². The largest absolute Gasteiger partial charge is 0.497 e. The Bertz CT molecular complexity index is 632. The molecule has 6 heteroatoms. The fourth-order valence-corrected chi connectivity index (χ4v) is 1.75. The maximum atomic E-state index is 11.8. The summed E-state index contributed by atoms with van der Waals surface area (Å²) in [7, 11) is 1.62. The Kier molecular flexibility index (Phi) is 5.73. The normalized spacial score (nSPS) is 10.8. The van der Waals surface area contributed by atoms with Gasteiger partial charge in [0.25, 0.3) is 0 Å². The highest BCUT2D eigenvalue weighted by Gasteiger charge is 2.01. The van der Waals surface area contributed by atoms with E-state index in [9.17, 15) is 4.79 Å². The number of aromatic nitrogens is 2. The zero-order valence-corrected chi connectivity index (χ0v) is 12.7. The van der Waals surface area contributed by atoms with Gasteiger partial charge in [0.15, 0.2) is 0 Å². The van der Waals surface area contributed by atoms with E-state index in [1.165, 1.54) is 6.08 Å². The lowest BCUT2D eigenvalue weighted by atomic mass is 10.2. The van der Waals surface area contributed by atoms with Crippen molar-refractivity contribution in [3.63, 3.8) is 0 Å². The molecular formula is C16H19N3O3. The van der Waals surface area contributed by atoms with E-state index in [0.29, 0.717) is 19.0 Å². The Balaban J connectivity index is 1.88. The smallest absolute Gasteiger partial charge is 0.248 e. The van der Waals surface area contributed by atoms with Gasteiger partial charge in [-0.1, -0.05) is 12.1 Å². The van der Waals surface area contributed by atoms with Gasteiger partial charge in [0.05, 0.1) is 25.2 Å². The first-order chi connectivity index (χ1) is 10.7. The second-order valence-electron chi connectivity index (χ2n) is 4.49. The first-order valence-electron chi connectivity index (χ1n) is 6.94. The minimum atomic E-state index is -0.216. The number of nitrogens with one attached hydrogen (secondary N) is 1. The summed E-state index contributed by atoms with van der Waals surface area (Å²) in [6.45, 7) is 2.90. The van der Waals surface area contributed by atoms with Crippen molar-refractivity contribution in [2.24, 2.45) is 0 Å². The Morgan fingerprint density at radius 2 is 2.14 bits per heavy atom. The number of ether oxygens (including phenoxy) is 2. The van der Waals surface area contributed by atoms with Crippen LogP contribution in [0.1, 0.15) is 12.5 Å². The molecule has 1 N–H and O–H groups in total. The zero-order valence-electron chi connectivity index (χ0n) is 12.7. The van der Waals surface area contributed by atoms with Gasteiger partial charge in [-0.3, -0.25) is 4.79 Å². The van der Waals surface area contributed by atoms with Crippen molar-refractivity contribution >= 4 is 17.7 Å². The number of hydrogen-bond donors (Lipinski definition) is 1. The number of amides is 1. The van der Waals surface area contributed by atoms with Crippen LogP contribution in [0, 0.1) is 0 Å². The number of hydrogen-bond acceptors (Lipinski definition) is 4. The van der Waals surface area contributed by atoms with E-state index < -0.39 is 0 Å². The molecule has 0 radical (unpaired) electrons. The van der Waals surface area contributed by atoms with Crippen molar-refractivity contribution in [1.29, 1.82) is 0 Å². The lowest BCUT2D eigenvalue weighted by molar-refractivity contribution is -0.111. The fraction of sp³-hybridized carbons (Fsp3) is 0.250. The van der Waals surface area contributed by atoms with Crippen LogP contribution in [0.4, 0.5) is 5.69 Å². The average molecular weight is 301 g/mol. The van der Waals surface area contributed by atoms with Gasteiger partial charge >= 0.3 is 0 Å². The van der Waals surface area contributed by atoms with Crippen LogP contribution >= 0.6 is 0 Å². The summed E-state index contributed by atoms with van der Waals surface area (Å²) in [5.41, 5.74) is 1.55. The van der Waals surface area contributed by atoms with E-state index in [2.05, 4.69) is 10.4 Å². The van der Waals surface area contributed by atoms with E-state index in [-0.39, 0.29) is 5.91 Å². The lowest BCUT2D eigenvalue weighted by Gasteiger charge is -2.00. The molecule has 0 saturated carbocycles. The maximum absolute atomic E-state index is 11.8. The van der Waals surface area contributed by atoms with Crippen LogP contribution in [0.3, 0.4) is 0 Å². The Morgan fingerprint density at radius 1 is 1.36 bits per heavy atom. The molecule has 0 fully saturated rings. The predicted molar refractivity (Wildman–Crippen MR) is 84.5 cm³/mol. The minimum absolute atomic E-state index is 0.216. The van der Waals surface area contributed by atoms with E-state index in [1.54, 1.807) is 30.3 Å². The molecule has 0 spiro atoms. The van der Waals surface area contributed by atoms with Gasteiger partial charge in [0.2, 0.25) is 5.91 Å². The highest BCUT2D eigenvalue weighted by molar-refractivity contribution is 6.01. The number of benzene rings is 1. The average Bonchev–Trinajstić information content (AvgIpc) is 2.98. The topological polar surface area (TPSA) is 65.4 Å². The van der Waals surface area contributed by atoms with Crippen molar-refractivity contribution in [1.82, 2.24) is 9.78 Å². The molecule has 1 heterocycles. The fourth-order valence-electron chi connectivity index (χ4n) is 1.75. The monoisotopic (exact) mass is 301 g/mol. The summed E-state index contributed by atoms with van der Waals surface area (Å²) in [5, 5.41) is 6.83. The van der Waals surface area contributed by atoms with Crippen LogP contribution in [-0.2, 0) is 16.3 Å². The number of carbonyl (C=O) groups is 1. The van der Waals surface area contributed by atoms with Gasteiger partial charge in [-0.2, -0.15) is 5.10 Å². The van der Waals surface area contributed by atoms with Crippen molar-refractivity contribution in [2.45, 2.75) is 13.7 Å². The van der Waals surface area contributed by atoms with Gasteiger partial charge in [-0.25, -0.2) is 4.68 Å². The SMILES string of the molecule is CCOCn1cc(NC(=O)/C=C/c2ccc(OC)cc2)cn1. The molecule has 0 aliphatic carbocycles. The molecule has 2 rings (SSSR count). The molecule has 22 heavy (non-hydrogen) atoms. The van der Waals surface area contributed by atoms with Crippen LogP contribution in [0.15, 0.2) is 42.7 Å². The summed E-state index contributed by atoms with van der Waals surface area (Å²) in [6, 6.07) is 7.44. The van der Waals surface area contributed by atoms with E-state index in [0.717, 1.165) is 11.3 Å². The second-order valence-corrected chi connectivity index (χ2v) is 4.49. The zero-order chi connectivity index (χ0) is 15.8. The van der Waals surface area contributed by atoms with Crippen LogP contribution < -0.4 is 10.1 Å². The molecule has 1 amide bonds. The number of nitrogens with zero attached hydrogens (tertiary/aromatic N) is 2. The third kappa shape index (κ3) is 4.75. The molecule has 116 valence electrons. The van der Waals surface area contributed by atoms with Crippen LogP contribution in [0.25, 0.3) is 6.08 Å². The summed E-state index contributed by atoms with van der Waals surface area (Å²) < 4.78 is 11.9. The third-order valence-corrected chi connectivity index (χ3v) is 2.87. The molecular weight excluding hydrogens is 282 g/mol. The first-order valence-corrected chi connectivity index (χ1v) is 6.94. The quantitative estimate of drug-likeness (QED) is 0.798. The molecule has 0 aliphatic heterocycles. The van der Waals surface area contributed by atoms with Crippen LogP contribution in [0.5, 0.6) is 5.75 Å². The van der Waals surface area contributed by atoms with Crippen LogP contribution in [0.2, 0.25) is 0 Å². The third-order valence-electron chi connectivity index (χ3n) is 2.87. The van der Waals surface area contributed by atoms with E-state index in [4.69, 9.17) is 9.47 Å². The molecule has 0 unspecified atom stereocenters. The molecule has 0 aliphatic rings. The van der Waals surface area contributed by atoms with Crippen molar-refractivity contribution in [3.8, 4) is 5.75 Å². The molecule has 1 aromatic carbocycles. The first kappa shape index (κ1) is 15.8. The summed E-state index contributed by atoms with van der Waals surface area (Å²) in [6.07, 6.45) is 6.51. The number of carbonyl (C=O) groups excluding carboxylic acids is 1. The Morgan fingerprint density at radius 3 is 2.82 bits per heavy atom. The van der Waals surface area contributed by atoms with Crippen LogP contribution in [-0.4, -0.2) is 29.4 Å². The number of rotatable bonds is 7. The Labute approximate surface area is 129 Å². The summed E-state index contributed by atoms with van der Waals surface area (Å²) >= 11 is 0. The highest BCUT2D eigenvalue weighted by Crippen LogP contribution is 2.12. The van der Waals surface area contributed by atoms with Gasteiger partial charge < -0.3 is 14.8 Å². The number of methoxy groups -OCH3 is 1. The molecule has 0 saturated heterocycles. The van der Waals surface area contributed by atoms with Gasteiger partial charge in [-0.15, -0.1) is 0 Å². The molecule has 0 bridgehead atoms. The molecule has 0 atom stereocenters. The lowest BCUT2D eigenvalue weighted by Crippen LogP contribution is -2.07. The second kappa shape index (κ2) is 7.99. The molecule has 1 aromatic heterocycles. The van der Waals surface area contributed by atoms with Crippen molar-refractivity contribution < 1.29 is 14.3 Å². The minimum Gasteiger partial charge on any atom is -0.497 e. The van der Waals surface area contributed by atoms with Gasteiger partial charge in [-0.05, 0) is 30.7 Å². The molecule has 6 nitrogen and oxygen atoms in total. The summed E-state index contributed by atoms with van der Waals surface area (Å²) in [4.78, 5) is 11.8.